The van der Waals surface area contributed by atoms with Crippen LogP contribution in [0.15, 0.2) is 14.2 Å². The third kappa shape index (κ3) is 1.36. The smallest absolute Gasteiger partial charge is 0 e. The van der Waals surface area contributed by atoms with E-state index in [1.807, 2.05) is 0 Å². The van der Waals surface area contributed by atoms with Crippen molar-refractivity contribution >= 4 is 0 Å². The third-order valence-electron chi connectivity index (χ3n) is 0.0680. The maximum atomic E-state index is 3.50. The second-order valence-corrected chi connectivity index (χ2v) is 0.204. The summed E-state index contributed by atoms with van der Waals surface area (Å²) in [5.41, 5.74) is 0. The maximum absolute atomic E-state index is 3.50. The molecule has 3 N–H and O–H groups in total. The largest absolute Gasteiger partial charge is 0.344 e. The molecule has 4 nitrogen and oxygen atoms in total. The molecule has 26 valence electrons. The van der Waals surface area contributed by atoms with E-state index in [2.05, 4.69) is 14.2 Å². The first-order valence-electron chi connectivity index (χ1n) is 0.500. The summed E-state index contributed by atoms with van der Waals surface area (Å²) in [6.07, 6.45) is 0. The van der Waals surface area contributed by atoms with Crippen LogP contribution in [0.5, 0.6) is 0 Å². The van der Waals surface area contributed by atoms with Crippen molar-refractivity contribution in [3.63, 3.8) is 0 Å². The van der Waals surface area contributed by atoms with Gasteiger partial charge in [0.1, 0.15) is 0 Å². The molecule has 1 rings (SSSR count). The zero-order chi connectivity index (χ0) is 2.12. The standard InChI is InChI=1S/H3N.O3/c;1-2-3-1/h1H3;. The quantitative estimate of drug-likeness (QED) is 0.450. The molecule has 0 aromatic carbocycles. The van der Waals surface area contributed by atoms with Crippen LogP contribution in [0.2, 0.25) is 0 Å². The van der Waals surface area contributed by atoms with E-state index in [0.717, 1.165) is 0 Å². The summed E-state index contributed by atoms with van der Waals surface area (Å²) >= 11 is 0. The summed E-state index contributed by atoms with van der Waals surface area (Å²) in [6.45, 7) is 0. The summed E-state index contributed by atoms with van der Waals surface area (Å²) in [6, 6.07) is 0. The van der Waals surface area contributed by atoms with Crippen molar-refractivity contribution in [1.82, 2.24) is 6.15 Å². The summed E-state index contributed by atoms with van der Waals surface area (Å²) in [5.74, 6) is 0. The van der Waals surface area contributed by atoms with Crippen LogP contribution < -0.4 is 6.15 Å². The van der Waals surface area contributed by atoms with Crippen LogP contribution in [0.25, 0.3) is 0 Å². The van der Waals surface area contributed by atoms with E-state index >= 15 is 0 Å². The zero-order valence-electron chi connectivity index (χ0n) is 1.93. The third-order valence-corrected chi connectivity index (χ3v) is 0.0680. The molecule has 0 amide bonds. The molecule has 0 saturated heterocycles. The lowest BCUT2D eigenvalue weighted by molar-refractivity contribution is 0.264. The predicted octanol–water partition coefficient (Wildman–Crippen LogP) is 0.628. The fraction of sp³-hybridized carbons (Fsp3) is 0. The van der Waals surface area contributed by atoms with Gasteiger partial charge in [0, 0.05) is 14.2 Å². The molecule has 1 heterocycles. The van der Waals surface area contributed by atoms with Crippen molar-refractivity contribution < 1.29 is 14.2 Å². The Morgan fingerprint density at radius 1 is 0.750 bits per heavy atom. The lowest BCUT2D eigenvalue weighted by atomic mass is 14.0. The average Bonchev–Trinajstić information content (AvgIpc) is 1.46. The Morgan fingerprint density at radius 3 is 1.00 bits per heavy atom. The molecule has 0 aliphatic carbocycles. The second-order valence-electron chi connectivity index (χ2n) is 0.204. The first kappa shape index (κ1) is 3.36. The van der Waals surface area contributed by atoms with Crippen molar-refractivity contribution in [3.05, 3.63) is 0 Å². The lowest BCUT2D eigenvalue weighted by Crippen LogP contribution is -0.661. The fourth-order valence-electron chi connectivity index (χ4n) is 0. The van der Waals surface area contributed by atoms with E-state index < -0.39 is 0 Å². The number of rotatable bonds is 0. The summed E-state index contributed by atoms with van der Waals surface area (Å²) < 4.78 is 10.5. The zero-order valence-corrected chi connectivity index (χ0v) is 1.93. The molecular weight excluding hydrogens is 62.0 g/mol. The van der Waals surface area contributed by atoms with Gasteiger partial charge in [-0.05, 0) is 0 Å². The van der Waals surface area contributed by atoms with Gasteiger partial charge in [-0.2, -0.15) is 0 Å². The summed E-state index contributed by atoms with van der Waals surface area (Å²) in [7, 11) is 0. The molecule has 4 heteroatoms. The van der Waals surface area contributed by atoms with Gasteiger partial charge in [-0.25, -0.2) is 0 Å². The molecule has 0 fully saturated rings. The number of hydrogen-bond acceptors (Lipinski definition) is 4. The molecule has 0 radical (unpaired) electrons. The van der Waals surface area contributed by atoms with Crippen molar-refractivity contribution in [2.24, 2.45) is 0 Å². The van der Waals surface area contributed by atoms with Gasteiger partial charge in [0.05, 0.1) is 0 Å². The highest BCUT2D eigenvalue weighted by Gasteiger charge is 1.63. The van der Waals surface area contributed by atoms with Gasteiger partial charge >= 0.3 is 0 Å². The molecule has 1 aromatic rings. The van der Waals surface area contributed by atoms with E-state index in [-0.39, 0.29) is 6.15 Å². The number of hydrogen-bond donors (Lipinski definition) is 1. The molecule has 0 spiro atoms. The molecular formula is H3NO3. The highest BCUT2D eigenvalue weighted by molar-refractivity contribution is 2.71. The van der Waals surface area contributed by atoms with Crippen LogP contribution in [0, 0.1) is 0 Å². The Bertz CT molecular complexity index is 31.4. The highest BCUT2D eigenvalue weighted by Crippen LogP contribution is 1.79. The Balaban J connectivity index is 0.0000000900. The fourth-order valence-corrected chi connectivity index (χ4v) is 0. The minimum Gasteiger partial charge on any atom is -0.344 e. The molecule has 4 heavy (non-hydrogen) atoms. The normalized spacial score (nSPS) is 6.00. The lowest BCUT2D eigenvalue weighted by Gasteiger charge is -0.816. The van der Waals surface area contributed by atoms with E-state index in [9.17, 15) is 0 Å². The molecule has 0 aliphatic rings. The Kier molecular flexibility index (Phi) is 0.658. The SMILES string of the molecule is N.o1oo1. The van der Waals surface area contributed by atoms with Crippen LogP contribution in [-0.4, -0.2) is 0 Å². The molecule has 0 bridgehead atoms. The van der Waals surface area contributed by atoms with Crippen LogP contribution in [0.3, 0.4) is 0 Å². The molecule has 0 atom stereocenters. The average molecular weight is 65.0 g/mol. The van der Waals surface area contributed by atoms with E-state index in [1.165, 1.54) is 0 Å². The van der Waals surface area contributed by atoms with Gasteiger partial charge in [0.2, 0.25) is 0 Å². The monoisotopic (exact) mass is 65.0 g/mol. The van der Waals surface area contributed by atoms with Crippen LogP contribution in [0.1, 0.15) is 0 Å². The first-order chi connectivity index (χ1) is 1.50. The van der Waals surface area contributed by atoms with Gasteiger partial charge in [-0.15, -0.1) is 0 Å². The van der Waals surface area contributed by atoms with E-state index in [1.54, 1.807) is 0 Å². The van der Waals surface area contributed by atoms with Crippen molar-refractivity contribution in [2.45, 2.75) is 0 Å². The summed E-state index contributed by atoms with van der Waals surface area (Å²) in [5, 5.41) is 0. The Morgan fingerprint density at radius 2 is 1.00 bits per heavy atom. The van der Waals surface area contributed by atoms with Crippen LogP contribution in [-0.2, 0) is 0 Å². The van der Waals surface area contributed by atoms with E-state index in [0.29, 0.717) is 0 Å². The van der Waals surface area contributed by atoms with Crippen molar-refractivity contribution in [1.29, 1.82) is 0 Å². The van der Waals surface area contributed by atoms with Crippen LogP contribution in [0.4, 0.5) is 0 Å². The topological polar surface area (TPSA) is 74.4 Å². The Labute approximate surface area is 21.7 Å². The van der Waals surface area contributed by atoms with Gasteiger partial charge in [-0.1, -0.05) is 0 Å². The second kappa shape index (κ2) is 0.784. The first-order valence-corrected chi connectivity index (χ1v) is 0.500. The van der Waals surface area contributed by atoms with Crippen molar-refractivity contribution in [3.8, 4) is 0 Å². The van der Waals surface area contributed by atoms with Gasteiger partial charge < -0.3 is 6.15 Å². The molecule has 0 unspecified atom stereocenters. The molecule has 0 aliphatic heterocycles. The van der Waals surface area contributed by atoms with Gasteiger partial charge in [0.15, 0.2) is 0 Å². The molecule has 0 saturated carbocycles. The highest BCUT2D eigenvalue weighted by atomic mass is 17.6. The maximum Gasteiger partial charge on any atom is 0 e. The minimum atomic E-state index is 0. The van der Waals surface area contributed by atoms with Gasteiger partial charge in [0.25, 0.3) is 0 Å². The predicted molar refractivity (Wildman–Crippen MR) is 8.26 cm³/mol. The minimum absolute atomic E-state index is 0. The van der Waals surface area contributed by atoms with E-state index in [4.69, 9.17) is 0 Å². The van der Waals surface area contributed by atoms with Gasteiger partial charge in [-0.3, -0.25) is 0 Å². The molecule has 1 aromatic heterocycles. The summed E-state index contributed by atoms with van der Waals surface area (Å²) in [4.78, 5) is 0. The van der Waals surface area contributed by atoms with Crippen LogP contribution >= 0.6 is 0 Å². The Hall–Kier alpha value is -0.640. The van der Waals surface area contributed by atoms with Crippen molar-refractivity contribution in [2.75, 3.05) is 0 Å².